The van der Waals surface area contributed by atoms with Crippen molar-refractivity contribution >= 4 is 27.6 Å². The zero-order valence-corrected chi connectivity index (χ0v) is 21.6. The second kappa shape index (κ2) is 12.4. The zero-order valence-electron chi connectivity index (χ0n) is 20.8. The van der Waals surface area contributed by atoms with Gasteiger partial charge in [0.2, 0.25) is 5.91 Å². The fraction of sp³-hybridized carbons (Fsp3) is 0.440. The summed E-state index contributed by atoms with van der Waals surface area (Å²) in [4.78, 5) is 21.7. The SMILES string of the molecule is COCCCNC(=O)C1(c2ccc(NS(=O)(=O)c3ccc(C(C)C)cc3)cc2)CC1.O=C(O)C(F)(F)F. The topological polar surface area (TPSA) is 122 Å². The molecular weight excluding hydrogens is 513 g/mol. The van der Waals surface area contributed by atoms with Gasteiger partial charge in [-0.25, -0.2) is 13.2 Å². The number of amides is 1. The van der Waals surface area contributed by atoms with Gasteiger partial charge in [0.15, 0.2) is 0 Å². The molecule has 3 rings (SSSR count). The van der Waals surface area contributed by atoms with Crippen molar-refractivity contribution in [1.29, 1.82) is 0 Å². The quantitative estimate of drug-likeness (QED) is 0.381. The minimum Gasteiger partial charge on any atom is -0.475 e. The first kappa shape index (κ1) is 30.1. The van der Waals surface area contributed by atoms with Gasteiger partial charge in [0.1, 0.15) is 0 Å². The maximum atomic E-state index is 12.7. The normalized spacial score (nSPS) is 14.4. The first-order chi connectivity index (χ1) is 17.2. The van der Waals surface area contributed by atoms with Crippen LogP contribution in [0.5, 0.6) is 0 Å². The van der Waals surface area contributed by atoms with E-state index in [1.165, 1.54) is 0 Å². The van der Waals surface area contributed by atoms with Crippen LogP contribution in [0.4, 0.5) is 18.9 Å². The highest BCUT2D eigenvalue weighted by Crippen LogP contribution is 2.48. The molecule has 0 spiro atoms. The van der Waals surface area contributed by atoms with Crippen LogP contribution < -0.4 is 10.0 Å². The molecule has 1 aliphatic carbocycles. The highest BCUT2D eigenvalue weighted by Gasteiger charge is 2.51. The number of ether oxygens (including phenoxy) is 1. The molecule has 2 aromatic carbocycles. The minimum atomic E-state index is -5.08. The molecule has 1 fully saturated rings. The van der Waals surface area contributed by atoms with Crippen molar-refractivity contribution in [3.8, 4) is 0 Å². The Morgan fingerprint density at radius 2 is 1.59 bits per heavy atom. The molecule has 1 saturated carbocycles. The lowest BCUT2D eigenvalue weighted by atomic mass is 9.95. The Morgan fingerprint density at radius 3 is 2.03 bits per heavy atom. The predicted octanol–water partition coefficient (Wildman–Crippen LogP) is 4.43. The highest BCUT2D eigenvalue weighted by molar-refractivity contribution is 7.92. The van der Waals surface area contributed by atoms with Crippen LogP contribution in [-0.4, -0.2) is 51.8 Å². The third kappa shape index (κ3) is 8.46. The summed E-state index contributed by atoms with van der Waals surface area (Å²) in [6, 6.07) is 14.0. The van der Waals surface area contributed by atoms with Crippen molar-refractivity contribution in [2.24, 2.45) is 0 Å². The van der Waals surface area contributed by atoms with E-state index in [0.29, 0.717) is 24.8 Å². The van der Waals surface area contributed by atoms with Crippen LogP contribution in [0.15, 0.2) is 53.4 Å². The lowest BCUT2D eigenvalue weighted by Gasteiger charge is -2.16. The molecule has 3 N–H and O–H groups in total. The van der Waals surface area contributed by atoms with E-state index in [2.05, 4.69) is 23.9 Å². The van der Waals surface area contributed by atoms with Gasteiger partial charge >= 0.3 is 12.1 Å². The third-order valence-electron chi connectivity index (χ3n) is 5.78. The molecule has 0 saturated heterocycles. The first-order valence-corrected chi connectivity index (χ1v) is 13.0. The predicted molar refractivity (Wildman–Crippen MR) is 132 cm³/mol. The van der Waals surface area contributed by atoms with Crippen LogP contribution in [0.25, 0.3) is 0 Å². The molecule has 12 heteroatoms. The van der Waals surface area contributed by atoms with Crippen LogP contribution in [0.2, 0.25) is 0 Å². The van der Waals surface area contributed by atoms with Gasteiger partial charge < -0.3 is 15.2 Å². The average molecular weight is 545 g/mol. The molecular formula is C25H31F3N2O6S. The van der Waals surface area contributed by atoms with E-state index in [4.69, 9.17) is 14.6 Å². The molecule has 1 aliphatic rings. The Kier molecular flexibility index (Phi) is 10.1. The second-order valence-corrected chi connectivity index (χ2v) is 10.6. The summed E-state index contributed by atoms with van der Waals surface area (Å²) in [5, 5.41) is 10.1. The molecule has 0 bridgehead atoms. The average Bonchev–Trinajstić information content (AvgIpc) is 3.64. The number of hydrogen-bond donors (Lipinski definition) is 3. The minimum absolute atomic E-state index is 0.0252. The lowest BCUT2D eigenvalue weighted by molar-refractivity contribution is -0.192. The molecule has 204 valence electrons. The number of methoxy groups -OCH3 is 1. The fourth-order valence-corrected chi connectivity index (χ4v) is 4.52. The van der Waals surface area contributed by atoms with E-state index in [0.717, 1.165) is 30.4 Å². The Hall–Kier alpha value is -3.12. The largest absolute Gasteiger partial charge is 0.490 e. The van der Waals surface area contributed by atoms with Gasteiger partial charge in [-0.05, 0) is 60.6 Å². The van der Waals surface area contributed by atoms with Gasteiger partial charge in [0.25, 0.3) is 10.0 Å². The highest BCUT2D eigenvalue weighted by atomic mass is 32.2. The van der Waals surface area contributed by atoms with E-state index < -0.39 is 27.6 Å². The molecule has 37 heavy (non-hydrogen) atoms. The summed E-state index contributed by atoms with van der Waals surface area (Å²) in [6.45, 7) is 5.33. The summed E-state index contributed by atoms with van der Waals surface area (Å²) in [5.41, 5.74) is 1.99. The molecule has 0 unspecified atom stereocenters. The lowest BCUT2D eigenvalue weighted by Crippen LogP contribution is -2.35. The standard InChI is InChI=1S/C23H30N2O4S.C2HF3O2/c1-17(2)18-5-11-21(12-6-18)30(27,28)25-20-9-7-19(8-10-20)23(13-14-23)22(26)24-15-4-16-29-3;3-2(4,5)1(6)7/h5-12,17,25H,4,13-16H2,1-3H3,(H,24,26);(H,6,7). The Morgan fingerprint density at radius 1 is 1.05 bits per heavy atom. The number of benzene rings is 2. The Labute approximate surface area is 214 Å². The number of sulfonamides is 1. The molecule has 8 nitrogen and oxygen atoms in total. The molecule has 2 aromatic rings. The van der Waals surface area contributed by atoms with Crippen LogP contribution in [-0.2, 0) is 29.8 Å². The smallest absolute Gasteiger partial charge is 0.475 e. The number of carboxylic acid groups (broad SMARTS) is 1. The number of carbonyl (C=O) groups is 2. The zero-order chi connectivity index (χ0) is 27.9. The fourth-order valence-electron chi connectivity index (χ4n) is 3.46. The number of anilines is 1. The van der Waals surface area contributed by atoms with Crippen LogP contribution in [0.3, 0.4) is 0 Å². The molecule has 1 amide bonds. The first-order valence-electron chi connectivity index (χ1n) is 11.5. The van der Waals surface area contributed by atoms with Gasteiger partial charge in [0, 0.05) is 25.9 Å². The summed E-state index contributed by atoms with van der Waals surface area (Å²) >= 11 is 0. The van der Waals surface area contributed by atoms with Crippen molar-refractivity contribution in [3.63, 3.8) is 0 Å². The van der Waals surface area contributed by atoms with Crippen LogP contribution in [0.1, 0.15) is 50.2 Å². The van der Waals surface area contributed by atoms with Crippen molar-refractivity contribution in [2.75, 3.05) is 25.0 Å². The Bertz CT molecular complexity index is 1160. The van der Waals surface area contributed by atoms with E-state index in [-0.39, 0.29) is 10.8 Å². The monoisotopic (exact) mass is 544 g/mol. The summed E-state index contributed by atoms with van der Waals surface area (Å²) in [6.07, 6.45) is -2.70. The number of rotatable bonds is 10. The summed E-state index contributed by atoms with van der Waals surface area (Å²) in [7, 11) is -2.02. The van der Waals surface area contributed by atoms with Gasteiger partial charge in [-0.2, -0.15) is 13.2 Å². The van der Waals surface area contributed by atoms with E-state index in [9.17, 15) is 26.4 Å². The third-order valence-corrected chi connectivity index (χ3v) is 7.18. The molecule has 0 radical (unpaired) electrons. The summed E-state index contributed by atoms with van der Waals surface area (Å²) < 4.78 is 64.7. The van der Waals surface area contributed by atoms with E-state index in [1.54, 1.807) is 31.4 Å². The van der Waals surface area contributed by atoms with Gasteiger partial charge in [-0.15, -0.1) is 0 Å². The molecule has 0 aromatic heterocycles. The summed E-state index contributed by atoms with van der Waals surface area (Å²) in [5.74, 6) is -2.39. The van der Waals surface area contributed by atoms with Crippen molar-refractivity contribution in [1.82, 2.24) is 5.32 Å². The van der Waals surface area contributed by atoms with Crippen LogP contribution >= 0.6 is 0 Å². The number of halogens is 3. The van der Waals surface area contributed by atoms with Crippen molar-refractivity contribution < 1.29 is 41.0 Å². The maximum absolute atomic E-state index is 12.7. The van der Waals surface area contributed by atoms with Gasteiger partial charge in [-0.3, -0.25) is 9.52 Å². The van der Waals surface area contributed by atoms with Gasteiger partial charge in [0.05, 0.1) is 10.3 Å². The maximum Gasteiger partial charge on any atom is 0.490 e. The molecule has 0 heterocycles. The number of nitrogens with one attached hydrogen (secondary N) is 2. The van der Waals surface area contributed by atoms with E-state index >= 15 is 0 Å². The number of aliphatic carboxylic acids is 1. The number of carboxylic acids is 1. The molecule has 0 atom stereocenters. The van der Waals surface area contributed by atoms with Crippen LogP contribution in [0, 0.1) is 0 Å². The number of alkyl halides is 3. The van der Waals surface area contributed by atoms with E-state index in [1.807, 2.05) is 24.3 Å². The van der Waals surface area contributed by atoms with Crippen molar-refractivity contribution in [2.45, 2.75) is 55.5 Å². The Balaban J connectivity index is 0.000000604. The van der Waals surface area contributed by atoms with Gasteiger partial charge in [-0.1, -0.05) is 38.1 Å². The number of hydrogen-bond acceptors (Lipinski definition) is 5. The molecule has 0 aliphatic heterocycles. The van der Waals surface area contributed by atoms with Crippen molar-refractivity contribution in [3.05, 3.63) is 59.7 Å². The number of carbonyl (C=O) groups excluding carboxylic acids is 1. The second-order valence-electron chi connectivity index (χ2n) is 8.89.